The van der Waals surface area contributed by atoms with Crippen molar-refractivity contribution in [3.05, 3.63) is 29.8 Å². The van der Waals surface area contributed by atoms with Gasteiger partial charge in [-0.3, -0.25) is 4.90 Å². The van der Waals surface area contributed by atoms with Crippen LogP contribution in [0.15, 0.2) is 24.3 Å². The second-order valence-electron chi connectivity index (χ2n) is 5.44. The molecule has 2 atom stereocenters. The van der Waals surface area contributed by atoms with Crippen molar-refractivity contribution >= 4 is 0 Å². The van der Waals surface area contributed by atoms with Crippen LogP contribution in [0.3, 0.4) is 0 Å². The first-order valence-corrected chi connectivity index (χ1v) is 7.24. The molecule has 1 aliphatic rings. The summed E-state index contributed by atoms with van der Waals surface area (Å²) >= 11 is 0. The van der Waals surface area contributed by atoms with Gasteiger partial charge in [-0.1, -0.05) is 12.5 Å². The SMILES string of the molecule is CC1CCCCN1CC(O)COc1cccc(C#N)c1. The molecule has 0 aromatic heterocycles. The Kier molecular flexibility index (Phi) is 5.40. The van der Waals surface area contributed by atoms with Gasteiger partial charge in [0.15, 0.2) is 0 Å². The number of piperidine rings is 1. The molecular formula is C16H22N2O2. The summed E-state index contributed by atoms with van der Waals surface area (Å²) in [5, 5.41) is 18.9. The zero-order valence-corrected chi connectivity index (χ0v) is 12.0. The Labute approximate surface area is 120 Å². The highest BCUT2D eigenvalue weighted by Gasteiger charge is 2.20. The predicted molar refractivity (Wildman–Crippen MR) is 77.5 cm³/mol. The molecule has 0 aliphatic carbocycles. The molecule has 1 fully saturated rings. The van der Waals surface area contributed by atoms with Gasteiger partial charge in [-0.2, -0.15) is 5.26 Å². The number of nitriles is 1. The van der Waals surface area contributed by atoms with Crippen LogP contribution in [0.5, 0.6) is 5.75 Å². The van der Waals surface area contributed by atoms with Gasteiger partial charge in [-0.15, -0.1) is 0 Å². The van der Waals surface area contributed by atoms with Crippen molar-refractivity contribution in [3.63, 3.8) is 0 Å². The molecule has 2 unspecified atom stereocenters. The molecule has 1 aromatic carbocycles. The van der Waals surface area contributed by atoms with Crippen molar-refractivity contribution in [2.24, 2.45) is 0 Å². The van der Waals surface area contributed by atoms with Crippen LogP contribution in [-0.4, -0.2) is 41.8 Å². The molecule has 1 N–H and O–H groups in total. The number of hydrogen-bond donors (Lipinski definition) is 1. The maximum atomic E-state index is 10.1. The molecule has 0 bridgehead atoms. The average Bonchev–Trinajstić information content (AvgIpc) is 2.48. The van der Waals surface area contributed by atoms with E-state index in [1.165, 1.54) is 19.3 Å². The number of rotatable bonds is 5. The van der Waals surface area contributed by atoms with Gasteiger partial charge in [-0.25, -0.2) is 0 Å². The molecule has 0 saturated carbocycles. The minimum Gasteiger partial charge on any atom is -0.491 e. The predicted octanol–water partition coefficient (Wildman–Crippen LogP) is 2.17. The standard InChI is InChI=1S/C16H22N2O2/c1-13-5-2-3-8-18(13)11-15(19)12-20-16-7-4-6-14(9-16)10-17/h4,6-7,9,13,15,19H,2-3,5,8,11-12H2,1H3. The Hall–Kier alpha value is -1.57. The third-order valence-electron chi connectivity index (χ3n) is 3.79. The van der Waals surface area contributed by atoms with Crippen LogP contribution < -0.4 is 4.74 Å². The van der Waals surface area contributed by atoms with Crippen molar-refractivity contribution in [1.82, 2.24) is 4.90 Å². The molecule has 0 spiro atoms. The fourth-order valence-electron chi connectivity index (χ4n) is 2.60. The van der Waals surface area contributed by atoms with E-state index in [4.69, 9.17) is 10.00 Å². The number of ether oxygens (including phenoxy) is 1. The van der Waals surface area contributed by atoms with Gasteiger partial charge < -0.3 is 9.84 Å². The second kappa shape index (κ2) is 7.28. The van der Waals surface area contributed by atoms with Crippen LogP contribution in [-0.2, 0) is 0 Å². The van der Waals surface area contributed by atoms with E-state index in [0.717, 1.165) is 6.54 Å². The van der Waals surface area contributed by atoms with E-state index in [1.807, 2.05) is 0 Å². The fourth-order valence-corrected chi connectivity index (χ4v) is 2.60. The maximum Gasteiger partial charge on any atom is 0.120 e. The van der Waals surface area contributed by atoms with Crippen LogP contribution in [0.25, 0.3) is 0 Å². The van der Waals surface area contributed by atoms with Gasteiger partial charge in [0.05, 0.1) is 11.6 Å². The minimum atomic E-state index is -0.499. The Morgan fingerprint density at radius 3 is 3.10 bits per heavy atom. The second-order valence-corrected chi connectivity index (χ2v) is 5.44. The highest BCUT2D eigenvalue weighted by atomic mass is 16.5. The number of β-amino-alcohol motifs (C(OH)–C–C–N with tert-alkyl or cyclic N) is 1. The number of aliphatic hydroxyl groups is 1. The topological polar surface area (TPSA) is 56.5 Å². The van der Waals surface area contributed by atoms with E-state index in [-0.39, 0.29) is 6.61 Å². The van der Waals surface area contributed by atoms with E-state index in [1.54, 1.807) is 24.3 Å². The summed E-state index contributed by atoms with van der Waals surface area (Å²) in [6.07, 6.45) is 3.20. The summed E-state index contributed by atoms with van der Waals surface area (Å²) in [4.78, 5) is 2.32. The summed E-state index contributed by atoms with van der Waals surface area (Å²) in [5.41, 5.74) is 0.571. The number of likely N-dealkylation sites (tertiary alicyclic amines) is 1. The van der Waals surface area contributed by atoms with Gasteiger partial charge in [-0.05, 0) is 44.5 Å². The van der Waals surface area contributed by atoms with E-state index in [0.29, 0.717) is 23.9 Å². The number of aliphatic hydroxyl groups excluding tert-OH is 1. The molecule has 1 aliphatic heterocycles. The molecule has 1 heterocycles. The Bertz CT molecular complexity index is 470. The van der Waals surface area contributed by atoms with Crippen molar-refractivity contribution in [2.75, 3.05) is 19.7 Å². The quantitative estimate of drug-likeness (QED) is 0.894. The average molecular weight is 274 g/mol. The maximum absolute atomic E-state index is 10.1. The van der Waals surface area contributed by atoms with Crippen LogP contribution in [0.1, 0.15) is 31.7 Å². The third kappa shape index (κ3) is 4.22. The largest absolute Gasteiger partial charge is 0.491 e. The highest BCUT2D eigenvalue weighted by molar-refractivity contribution is 5.36. The fraction of sp³-hybridized carbons (Fsp3) is 0.562. The molecule has 4 nitrogen and oxygen atoms in total. The molecule has 0 radical (unpaired) electrons. The van der Waals surface area contributed by atoms with Crippen molar-refractivity contribution < 1.29 is 9.84 Å². The lowest BCUT2D eigenvalue weighted by Crippen LogP contribution is -2.43. The monoisotopic (exact) mass is 274 g/mol. The van der Waals surface area contributed by atoms with Crippen LogP contribution in [0.2, 0.25) is 0 Å². The molecular weight excluding hydrogens is 252 g/mol. The molecule has 4 heteroatoms. The summed E-state index contributed by atoms with van der Waals surface area (Å²) in [7, 11) is 0. The molecule has 0 amide bonds. The Morgan fingerprint density at radius 2 is 2.35 bits per heavy atom. The first-order valence-electron chi connectivity index (χ1n) is 7.24. The Morgan fingerprint density at radius 1 is 1.50 bits per heavy atom. The minimum absolute atomic E-state index is 0.262. The van der Waals surface area contributed by atoms with Crippen LogP contribution in [0, 0.1) is 11.3 Å². The summed E-state index contributed by atoms with van der Waals surface area (Å²) < 4.78 is 5.56. The number of nitrogens with zero attached hydrogens (tertiary/aromatic N) is 2. The highest BCUT2D eigenvalue weighted by Crippen LogP contribution is 2.17. The lowest BCUT2D eigenvalue weighted by molar-refractivity contribution is 0.0438. The molecule has 2 rings (SSSR count). The van der Waals surface area contributed by atoms with Crippen LogP contribution in [0.4, 0.5) is 0 Å². The summed E-state index contributed by atoms with van der Waals surface area (Å²) in [6, 6.07) is 9.63. The van der Waals surface area contributed by atoms with E-state index < -0.39 is 6.10 Å². The smallest absolute Gasteiger partial charge is 0.120 e. The van der Waals surface area contributed by atoms with E-state index in [9.17, 15) is 5.11 Å². The zero-order chi connectivity index (χ0) is 14.4. The number of hydrogen-bond acceptors (Lipinski definition) is 4. The van der Waals surface area contributed by atoms with Crippen molar-refractivity contribution in [3.8, 4) is 11.8 Å². The third-order valence-corrected chi connectivity index (χ3v) is 3.79. The van der Waals surface area contributed by atoms with E-state index in [2.05, 4.69) is 17.9 Å². The van der Waals surface area contributed by atoms with Crippen LogP contribution >= 0.6 is 0 Å². The van der Waals surface area contributed by atoms with Crippen molar-refractivity contribution in [1.29, 1.82) is 5.26 Å². The lowest BCUT2D eigenvalue weighted by Gasteiger charge is -2.34. The zero-order valence-electron chi connectivity index (χ0n) is 12.0. The van der Waals surface area contributed by atoms with Gasteiger partial charge in [0, 0.05) is 12.6 Å². The number of benzene rings is 1. The van der Waals surface area contributed by atoms with Gasteiger partial charge >= 0.3 is 0 Å². The van der Waals surface area contributed by atoms with Gasteiger partial charge in [0.1, 0.15) is 18.5 Å². The summed E-state index contributed by atoms with van der Waals surface area (Å²) in [5.74, 6) is 0.634. The van der Waals surface area contributed by atoms with Crippen molar-refractivity contribution in [2.45, 2.75) is 38.3 Å². The normalized spacial score (nSPS) is 21.1. The Balaban J connectivity index is 1.79. The first kappa shape index (κ1) is 14.8. The molecule has 1 saturated heterocycles. The first-order chi connectivity index (χ1) is 9.69. The summed E-state index contributed by atoms with van der Waals surface area (Å²) in [6.45, 7) is 4.18. The molecule has 20 heavy (non-hydrogen) atoms. The van der Waals surface area contributed by atoms with Gasteiger partial charge in [0.2, 0.25) is 0 Å². The molecule has 1 aromatic rings. The van der Waals surface area contributed by atoms with Gasteiger partial charge in [0.25, 0.3) is 0 Å². The van der Waals surface area contributed by atoms with E-state index >= 15 is 0 Å². The lowest BCUT2D eigenvalue weighted by atomic mass is 10.0. The molecule has 108 valence electrons.